The molecule has 5 nitrogen and oxygen atoms in total. The number of amides is 1. The van der Waals surface area contributed by atoms with E-state index in [1.165, 1.54) is 12.1 Å². The number of sulfone groups is 1. The van der Waals surface area contributed by atoms with Gasteiger partial charge in [0.25, 0.3) is 0 Å². The van der Waals surface area contributed by atoms with Gasteiger partial charge in [-0.25, -0.2) is 8.42 Å². The number of carbonyl (C=O) groups is 1. The molecule has 1 aliphatic rings. The summed E-state index contributed by atoms with van der Waals surface area (Å²) in [5.74, 6) is 0.419. The Labute approximate surface area is 142 Å². The van der Waals surface area contributed by atoms with Crippen molar-refractivity contribution in [3.8, 4) is 0 Å². The van der Waals surface area contributed by atoms with Gasteiger partial charge in [-0.05, 0) is 62.5 Å². The first-order valence-electron chi connectivity index (χ1n) is 7.93. The summed E-state index contributed by atoms with van der Waals surface area (Å²) in [5, 5.41) is 6.49. The van der Waals surface area contributed by atoms with Gasteiger partial charge in [0, 0.05) is 18.0 Å². The number of hydrogen-bond donors (Lipinski definition) is 2. The molecule has 2 rings (SSSR count). The summed E-state index contributed by atoms with van der Waals surface area (Å²) in [6.45, 7) is 2.17. The van der Waals surface area contributed by atoms with Crippen LogP contribution in [0.15, 0.2) is 29.2 Å². The maximum absolute atomic E-state index is 12.1. The fourth-order valence-corrected chi connectivity index (χ4v) is 3.96. The van der Waals surface area contributed by atoms with Gasteiger partial charge in [-0.15, -0.1) is 0 Å². The van der Waals surface area contributed by atoms with E-state index in [1.807, 2.05) is 0 Å². The summed E-state index contributed by atoms with van der Waals surface area (Å²) < 4.78 is 24.3. The molecule has 0 aromatic heterocycles. The second kappa shape index (κ2) is 8.66. The van der Waals surface area contributed by atoms with E-state index in [0.717, 1.165) is 32.4 Å². The summed E-state index contributed by atoms with van der Waals surface area (Å²) >= 11 is 5.75. The van der Waals surface area contributed by atoms with Crippen molar-refractivity contribution in [3.63, 3.8) is 0 Å². The van der Waals surface area contributed by atoms with E-state index >= 15 is 0 Å². The fraction of sp³-hybridized carbons (Fsp3) is 0.562. The first-order chi connectivity index (χ1) is 11.0. The monoisotopic (exact) mass is 358 g/mol. The molecule has 7 heteroatoms. The Morgan fingerprint density at radius 3 is 2.52 bits per heavy atom. The summed E-state index contributed by atoms with van der Waals surface area (Å²) in [7, 11) is -3.39. The van der Waals surface area contributed by atoms with Crippen LogP contribution in [0.4, 0.5) is 0 Å². The van der Waals surface area contributed by atoms with E-state index in [9.17, 15) is 13.2 Å². The standard InChI is InChI=1S/C16H23ClN2O3S/c17-14-2-4-15(5-3-14)23(21,22)12-11-19-16(20)6-1-13-7-9-18-10-8-13/h2-5,13,18H,1,6-12H2,(H,19,20). The molecule has 1 amide bonds. The van der Waals surface area contributed by atoms with Gasteiger partial charge >= 0.3 is 0 Å². The van der Waals surface area contributed by atoms with Crippen molar-refractivity contribution in [2.24, 2.45) is 5.92 Å². The molecule has 1 aromatic carbocycles. The Morgan fingerprint density at radius 1 is 1.22 bits per heavy atom. The SMILES string of the molecule is O=C(CCC1CCNCC1)NCCS(=O)(=O)c1ccc(Cl)cc1. The summed E-state index contributed by atoms with van der Waals surface area (Å²) in [4.78, 5) is 12.0. The second-order valence-corrected chi connectivity index (χ2v) is 8.40. The highest BCUT2D eigenvalue weighted by Crippen LogP contribution is 2.17. The van der Waals surface area contributed by atoms with Crippen LogP contribution >= 0.6 is 11.6 Å². The lowest BCUT2D eigenvalue weighted by molar-refractivity contribution is -0.121. The number of carbonyl (C=O) groups excluding carboxylic acids is 1. The Kier molecular flexibility index (Phi) is 6.87. The molecule has 23 heavy (non-hydrogen) atoms. The highest BCUT2D eigenvalue weighted by Gasteiger charge is 2.16. The molecule has 0 unspecified atom stereocenters. The van der Waals surface area contributed by atoms with Crippen LogP contribution in [0.2, 0.25) is 5.02 Å². The van der Waals surface area contributed by atoms with Crippen LogP contribution in [-0.2, 0) is 14.6 Å². The Balaban J connectivity index is 1.70. The van der Waals surface area contributed by atoms with Crippen molar-refractivity contribution < 1.29 is 13.2 Å². The van der Waals surface area contributed by atoms with Crippen LogP contribution in [0.5, 0.6) is 0 Å². The minimum Gasteiger partial charge on any atom is -0.355 e. The van der Waals surface area contributed by atoms with Gasteiger partial charge in [0.1, 0.15) is 0 Å². The minimum atomic E-state index is -3.39. The molecule has 0 bridgehead atoms. The highest BCUT2D eigenvalue weighted by molar-refractivity contribution is 7.91. The number of nitrogens with one attached hydrogen (secondary N) is 2. The zero-order valence-electron chi connectivity index (χ0n) is 13.1. The number of benzene rings is 1. The highest BCUT2D eigenvalue weighted by atomic mass is 35.5. The van der Waals surface area contributed by atoms with Crippen LogP contribution in [0, 0.1) is 5.92 Å². The molecule has 1 aliphatic heterocycles. The van der Waals surface area contributed by atoms with Gasteiger partial charge in [-0.2, -0.15) is 0 Å². The van der Waals surface area contributed by atoms with E-state index in [1.54, 1.807) is 12.1 Å². The lowest BCUT2D eigenvalue weighted by atomic mass is 9.93. The van der Waals surface area contributed by atoms with Crippen molar-refractivity contribution in [2.45, 2.75) is 30.6 Å². The summed E-state index contributed by atoms with van der Waals surface area (Å²) in [6.07, 6.45) is 3.56. The third-order valence-electron chi connectivity index (χ3n) is 4.10. The fourth-order valence-electron chi connectivity index (χ4n) is 2.68. The topological polar surface area (TPSA) is 75.3 Å². The Bertz CT molecular complexity index is 611. The molecule has 0 aliphatic carbocycles. The molecular formula is C16H23ClN2O3S. The zero-order valence-corrected chi connectivity index (χ0v) is 14.6. The van der Waals surface area contributed by atoms with E-state index in [0.29, 0.717) is 17.4 Å². The second-order valence-electron chi connectivity index (χ2n) is 5.85. The largest absolute Gasteiger partial charge is 0.355 e. The van der Waals surface area contributed by atoms with Gasteiger partial charge in [-0.1, -0.05) is 11.6 Å². The van der Waals surface area contributed by atoms with Crippen LogP contribution in [0.25, 0.3) is 0 Å². The maximum Gasteiger partial charge on any atom is 0.220 e. The summed E-state index contributed by atoms with van der Waals surface area (Å²) in [5.41, 5.74) is 0. The lowest BCUT2D eigenvalue weighted by Crippen LogP contribution is -2.31. The average molecular weight is 359 g/mol. The molecule has 0 atom stereocenters. The third kappa shape index (κ3) is 6.12. The average Bonchev–Trinajstić information content (AvgIpc) is 2.54. The van der Waals surface area contributed by atoms with Crippen LogP contribution < -0.4 is 10.6 Å². The molecular weight excluding hydrogens is 336 g/mol. The molecule has 1 fully saturated rings. The first-order valence-corrected chi connectivity index (χ1v) is 9.96. The molecule has 2 N–H and O–H groups in total. The molecule has 1 saturated heterocycles. The van der Waals surface area contributed by atoms with Crippen molar-refractivity contribution in [3.05, 3.63) is 29.3 Å². The van der Waals surface area contributed by atoms with Gasteiger partial charge in [0.05, 0.1) is 10.6 Å². The predicted molar refractivity (Wildman–Crippen MR) is 91.3 cm³/mol. The van der Waals surface area contributed by atoms with Crippen LogP contribution in [0.3, 0.4) is 0 Å². The predicted octanol–water partition coefficient (Wildman–Crippen LogP) is 2.01. The molecule has 0 radical (unpaired) electrons. The van der Waals surface area contributed by atoms with Crippen molar-refractivity contribution in [1.82, 2.24) is 10.6 Å². The first kappa shape index (κ1) is 18.2. The number of hydrogen-bond acceptors (Lipinski definition) is 4. The van der Waals surface area contributed by atoms with E-state index in [-0.39, 0.29) is 23.1 Å². The smallest absolute Gasteiger partial charge is 0.220 e. The van der Waals surface area contributed by atoms with Crippen molar-refractivity contribution in [2.75, 3.05) is 25.4 Å². The van der Waals surface area contributed by atoms with Gasteiger partial charge < -0.3 is 10.6 Å². The zero-order chi connectivity index (χ0) is 16.7. The number of rotatable bonds is 7. The molecule has 0 saturated carbocycles. The number of piperidine rings is 1. The van der Waals surface area contributed by atoms with Crippen LogP contribution in [-0.4, -0.2) is 39.7 Å². The maximum atomic E-state index is 12.1. The Hall–Kier alpha value is -1.11. The van der Waals surface area contributed by atoms with Crippen molar-refractivity contribution >= 4 is 27.3 Å². The Morgan fingerprint density at radius 2 is 1.87 bits per heavy atom. The molecule has 0 spiro atoms. The van der Waals surface area contributed by atoms with Crippen molar-refractivity contribution in [1.29, 1.82) is 0 Å². The van der Waals surface area contributed by atoms with E-state index in [4.69, 9.17) is 11.6 Å². The van der Waals surface area contributed by atoms with E-state index < -0.39 is 9.84 Å². The van der Waals surface area contributed by atoms with E-state index in [2.05, 4.69) is 10.6 Å². The normalized spacial score (nSPS) is 16.2. The molecule has 1 heterocycles. The van der Waals surface area contributed by atoms with Gasteiger partial charge in [0.15, 0.2) is 9.84 Å². The number of halogens is 1. The quantitative estimate of drug-likeness (QED) is 0.781. The minimum absolute atomic E-state index is 0.0742. The van der Waals surface area contributed by atoms with Crippen LogP contribution in [0.1, 0.15) is 25.7 Å². The van der Waals surface area contributed by atoms with Gasteiger partial charge in [0.2, 0.25) is 5.91 Å². The van der Waals surface area contributed by atoms with Gasteiger partial charge in [-0.3, -0.25) is 4.79 Å². The lowest BCUT2D eigenvalue weighted by Gasteiger charge is -2.22. The summed E-state index contributed by atoms with van der Waals surface area (Å²) in [6, 6.07) is 6.06. The molecule has 1 aromatic rings. The third-order valence-corrected chi connectivity index (χ3v) is 6.09. The molecule has 128 valence electrons.